The molecule has 0 saturated carbocycles. The molecule has 0 bridgehead atoms. The molecule has 0 aromatic heterocycles. The van der Waals surface area contributed by atoms with E-state index in [4.69, 9.17) is 9.84 Å². The molecule has 39 heavy (non-hydrogen) atoms. The Bertz CT molecular complexity index is 1230. The van der Waals surface area contributed by atoms with Crippen LogP contribution in [0.15, 0.2) is 84.9 Å². The summed E-state index contributed by atoms with van der Waals surface area (Å²) in [7, 11) is 0. The summed E-state index contributed by atoms with van der Waals surface area (Å²) in [5.41, 5.74) is 5.13. The molecule has 1 aliphatic heterocycles. The lowest BCUT2D eigenvalue weighted by Gasteiger charge is -2.48. The number of carbonyl (C=O) groups is 1. The molecule has 1 saturated heterocycles. The van der Waals surface area contributed by atoms with Gasteiger partial charge in [-0.3, -0.25) is 9.69 Å². The third kappa shape index (κ3) is 7.66. The van der Waals surface area contributed by atoms with Gasteiger partial charge in [-0.1, -0.05) is 66.7 Å². The summed E-state index contributed by atoms with van der Waals surface area (Å²) in [6.45, 7) is 8.39. The Labute approximate surface area is 233 Å². The summed E-state index contributed by atoms with van der Waals surface area (Å²) in [4.78, 5) is 15.9. The number of piperazine rings is 1. The number of nitrogens with one attached hydrogen (secondary N) is 1. The highest BCUT2D eigenvalue weighted by Gasteiger charge is 2.38. The fourth-order valence-corrected chi connectivity index (χ4v) is 5.45. The Morgan fingerprint density at radius 1 is 0.974 bits per heavy atom. The van der Waals surface area contributed by atoms with E-state index in [0.29, 0.717) is 12.2 Å². The van der Waals surface area contributed by atoms with Crippen molar-refractivity contribution in [2.24, 2.45) is 0 Å². The van der Waals surface area contributed by atoms with Gasteiger partial charge in [0.1, 0.15) is 5.75 Å². The predicted molar refractivity (Wildman–Crippen MR) is 158 cm³/mol. The van der Waals surface area contributed by atoms with Crippen LogP contribution in [0.4, 0.5) is 0 Å². The minimum absolute atomic E-state index is 0.0238. The maximum Gasteiger partial charge on any atom is 0.185 e. The van der Waals surface area contributed by atoms with Crippen LogP contribution in [-0.2, 0) is 13.0 Å². The van der Waals surface area contributed by atoms with Crippen LogP contribution in [0.5, 0.6) is 5.75 Å². The normalized spacial score (nSPS) is 17.9. The summed E-state index contributed by atoms with van der Waals surface area (Å²) in [6, 6.07) is 25.1. The van der Waals surface area contributed by atoms with E-state index in [0.717, 1.165) is 68.7 Å². The second-order valence-corrected chi connectivity index (χ2v) is 10.6. The number of benzene rings is 3. The number of rotatable bonds is 13. The second kappa shape index (κ2) is 14.2. The highest BCUT2D eigenvalue weighted by molar-refractivity contribution is 6.05. The standard InChI is InChI=1S/C34H42N2O3/c1-27-28(2)33(39-23-10-9-22-37)18-17-31(27)32(38)16-11-19-34(24-29-12-5-3-6-13-29)26-35-20-21-36(34)25-30-14-7-4-8-15-30/h3-8,11-18,35,37H,9-10,19-26H2,1-2H3/t34-/m0/s1. The molecule has 5 heteroatoms. The molecule has 206 valence electrons. The SMILES string of the molecule is Cc1c(OCCCCO)ccc(C(=O)C=CC[C@]2(Cc3ccccc3)CNCCN2Cc2ccccc2)c1C. The zero-order valence-electron chi connectivity index (χ0n) is 23.4. The highest BCUT2D eigenvalue weighted by atomic mass is 16.5. The number of aliphatic hydroxyl groups excluding tert-OH is 1. The fraction of sp³-hybridized carbons (Fsp3) is 0.382. The summed E-state index contributed by atoms with van der Waals surface area (Å²) >= 11 is 0. The van der Waals surface area contributed by atoms with Crippen LogP contribution >= 0.6 is 0 Å². The van der Waals surface area contributed by atoms with Crippen molar-refractivity contribution in [3.05, 3.63) is 113 Å². The van der Waals surface area contributed by atoms with Crippen LogP contribution in [0, 0.1) is 13.8 Å². The molecule has 0 amide bonds. The van der Waals surface area contributed by atoms with Gasteiger partial charge in [0.2, 0.25) is 0 Å². The lowest BCUT2D eigenvalue weighted by atomic mass is 9.83. The zero-order valence-corrected chi connectivity index (χ0v) is 23.4. The van der Waals surface area contributed by atoms with Gasteiger partial charge in [-0.05, 0) is 80.0 Å². The van der Waals surface area contributed by atoms with Gasteiger partial charge in [-0.25, -0.2) is 0 Å². The van der Waals surface area contributed by atoms with Gasteiger partial charge in [0.15, 0.2) is 5.78 Å². The van der Waals surface area contributed by atoms with Crippen LogP contribution < -0.4 is 10.1 Å². The maximum atomic E-state index is 13.3. The largest absolute Gasteiger partial charge is 0.493 e. The summed E-state index contributed by atoms with van der Waals surface area (Å²) in [6.07, 6.45) is 7.04. The lowest BCUT2D eigenvalue weighted by Crippen LogP contribution is -2.61. The minimum Gasteiger partial charge on any atom is -0.493 e. The average Bonchev–Trinajstić information content (AvgIpc) is 2.95. The van der Waals surface area contributed by atoms with Crippen molar-refractivity contribution in [3.63, 3.8) is 0 Å². The first-order valence-corrected chi connectivity index (χ1v) is 14.1. The molecule has 0 spiro atoms. The summed E-state index contributed by atoms with van der Waals surface area (Å²) in [5.74, 6) is 0.827. The summed E-state index contributed by atoms with van der Waals surface area (Å²) < 4.78 is 5.89. The van der Waals surface area contributed by atoms with Gasteiger partial charge < -0.3 is 15.2 Å². The van der Waals surface area contributed by atoms with Crippen molar-refractivity contribution >= 4 is 5.78 Å². The Kier molecular flexibility index (Phi) is 10.5. The molecular weight excluding hydrogens is 484 g/mol. The number of carbonyl (C=O) groups excluding carboxylic acids is 1. The second-order valence-electron chi connectivity index (χ2n) is 10.6. The van der Waals surface area contributed by atoms with Crippen molar-refractivity contribution in [1.29, 1.82) is 0 Å². The van der Waals surface area contributed by atoms with Crippen molar-refractivity contribution in [1.82, 2.24) is 10.2 Å². The van der Waals surface area contributed by atoms with Crippen molar-refractivity contribution < 1.29 is 14.6 Å². The molecular formula is C34H42N2O3. The minimum atomic E-state index is -0.135. The third-order valence-corrected chi connectivity index (χ3v) is 7.86. The number of hydrogen-bond acceptors (Lipinski definition) is 5. The Hall–Kier alpha value is -3.25. The Balaban J connectivity index is 1.52. The smallest absolute Gasteiger partial charge is 0.185 e. The number of hydrogen-bond donors (Lipinski definition) is 2. The van der Waals surface area contributed by atoms with E-state index < -0.39 is 0 Å². The van der Waals surface area contributed by atoms with Crippen molar-refractivity contribution in [2.75, 3.05) is 32.8 Å². The molecule has 1 aliphatic rings. The molecule has 1 atom stereocenters. The van der Waals surface area contributed by atoms with E-state index in [1.807, 2.05) is 26.0 Å². The molecule has 1 fully saturated rings. The van der Waals surface area contributed by atoms with Crippen LogP contribution in [0.3, 0.4) is 0 Å². The van der Waals surface area contributed by atoms with Gasteiger partial charge in [-0.2, -0.15) is 0 Å². The predicted octanol–water partition coefficient (Wildman–Crippen LogP) is 5.67. The first kappa shape index (κ1) is 28.8. The van der Waals surface area contributed by atoms with Crippen molar-refractivity contribution in [3.8, 4) is 5.75 Å². The first-order valence-electron chi connectivity index (χ1n) is 14.1. The quantitative estimate of drug-likeness (QED) is 0.171. The molecule has 0 radical (unpaired) electrons. The van der Waals surface area contributed by atoms with Crippen LogP contribution in [0.1, 0.15) is 51.9 Å². The fourth-order valence-electron chi connectivity index (χ4n) is 5.45. The van der Waals surface area contributed by atoms with Gasteiger partial charge in [-0.15, -0.1) is 0 Å². The van der Waals surface area contributed by atoms with E-state index in [1.165, 1.54) is 11.1 Å². The lowest BCUT2D eigenvalue weighted by molar-refractivity contribution is 0.0537. The first-order chi connectivity index (χ1) is 19.0. The number of nitrogens with zero attached hydrogens (tertiary/aromatic N) is 1. The Morgan fingerprint density at radius 2 is 1.69 bits per heavy atom. The topological polar surface area (TPSA) is 61.8 Å². The average molecular weight is 527 g/mol. The van der Waals surface area contributed by atoms with Crippen LogP contribution in [0.25, 0.3) is 0 Å². The number of ketones is 1. The zero-order chi connectivity index (χ0) is 27.5. The highest BCUT2D eigenvalue weighted by Crippen LogP contribution is 2.30. The number of allylic oxidation sites excluding steroid dienone is 1. The van der Waals surface area contributed by atoms with E-state index in [2.05, 4.69) is 77.0 Å². The molecule has 4 rings (SSSR count). The maximum absolute atomic E-state index is 13.3. The number of ether oxygens (including phenoxy) is 1. The molecule has 5 nitrogen and oxygen atoms in total. The Morgan fingerprint density at radius 3 is 2.41 bits per heavy atom. The molecule has 0 unspecified atom stereocenters. The van der Waals surface area contributed by atoms with Gasteiger partial charge >= 0.3 is 0 Å². The van der Waals surface area contributed by atoms with E-state index in [-0.39, 0.29) is 17.9 Å². The van der Waals surface area contributed by atoms with E-state index >= 15 is 0 Å². The molecule has 0 aliphatic carbocycles. The van der Waals surface area contributed by atoms with Gasteiger partial charge in [0.25, 0.3) is 0 Å². The molecule has 3 aromatic rings. The van der Waals surface area contributed by atoms with Gasteiger partial charge in [0.05, 0.1) is 6.61 Å². The monoisotopic (exact) mass is 526 g/mol. The van der Waals surface area contributed by atoms with E-state index in [9.17, 15) is 4.79 Å². The molecule has 1 heterocycles. The summed E-state index contributed by atoms with van der Waals surface area (Å²) in [5, 5.41) is 12.6. The molecule has 3 aromatic carbocycles. The van der Waals surface area contributed by atoms with Crippen LogP contribution in [-0.4, -0.2) is 54.2 Å². The third-order valence-electron chi connectivity index (χ3n) is 7.86. The van der Waals surface area contributed by atoms with E-state index in [1.54, 1.807) is 6.08 Å². The van der Waals surface area contributed by atoms with Gasteiger partial charge in [0, 0.05) is 43.9 Å². The van der Waals surface area contributed by atoms with Crippen LogP contribution in [0.2, 0.25) is 0 Å². The molecule has 2 N–H and O–H groups in total. The van der Waals surface area contributed by atoms with Crippen molar-refractivity contribution in [2.45, 2.75) is 51.6 Å². The number of aliphatic hydroxyl groups is 1. The number of unbranched alkanes of at least 4 members (excludes halogenated alkanes) is 1.